The number of aryl methyl sites for hydroxylation is 1. The van der Waals surface area contributed by atoms with E-state index in [1.165, 1.54) is 0 Å². The average molecular weight is 341 g/mol. The van der Waals surface area contributed by atoms with Crippen molar-refractivity contribution in [3.63, 3.8) is 0 Å². The fourth-order valence-electron chi connectivity index (χ4n) is 2.16. The Labute approximate surface area is 126 Å². The van der Waals surface area contributed by atoms with Crippen LogP contribution in [0.5, 0.6) is 0 Å². The van der Waals surface area contributed by atoms with Gasteiger partial charge in [0.15, 0.2) is 0 Å². The van der Waals surface area contributed by atoms with E-state index >= 15 is 0 Å². The van der Waals surface area contributed by atoms with E-state index in [9.17, 15) is 4.39 Å². The Balaban J connectivity index is 2.39. The topological polar surface area (TPSA) is 42.7 Å². The van der Waals surface area contributed by atoms with E-state index in [2.05, 4.69) is 38.5 Å². The summed E-state index contributed by atoms with van der Waals surface area (Å²) < 4.78 is 16.1. The predicted molar refractivity (Wildman–Crippen MR) is 79.9 cm³/mol. The van der Waals surface area contributed by atoms with Crippen LogP contribution in [0.15, 0.2) is 28.9 Å². The molecule has 0 fully saturated rings. The maximum absolute atomic E-state index is 13.8. The van der Waals surface area contributed by atoms with E-state index in [4.69, 9.17) is 0 Å². The second kappa shape index (κ2) is 6.95. The van der Waals surface area contributed by atoms with Crippen molar-refractivity contribution in [3.8, 4) is 0 Å². The number of benzene rings is 1. The van der Waals surface area contributed by atoms with Gasteiger partial charge in [-0.25, -0.2) is 9.07 Å². The van der Waals surface area contributed by atoms with Crippen molar-refractivity contribution in [2.75, 3.05) is 6.54 Å². The van der Waals surface area contributed by atoms with Crippen LogP contribution in [0.2, 0.25) is 0 Å². The van der Waals surface area contributed by atoms with Gasteiger partial charge in [0.1, 0.15) is 5.82 Å². The first-order valence-electron chi connectivity index (χ1n) is 6.74. The third kappa shape index (κ3) is 3.24. The summed E-state index contributed by atoms with van der Waals surface area (Å²) in [5.74, 6) is -0.264. The van der Waals surface area contributed by atoms with E-state index in [0.29, 0.717) is 4.47 Å². The highest BCUT2D eigenvalue weighted by Crippen LogP contribution is 2.25. The predicted octanol–water partition coefficient (Wildman–Crippen LogP) is 3.29. The van der Waals surface area contributed by atoms with Gasteiger partial charge in [-0.3, -0.25) is 0 Å². The molecule has 0 amide bonds. The third-order valence-electron chi connectivity index (χ3n) is 3.06. The highest BCUT2D eigenvalue weighted by Gasteiger charge is 2.19. The minimum Gasteiger partial charge on any atom is -0.305 e. The van der Waals surface area contributed by atoms with E-state index in [-0.39, 0.29) is 11.9 Å². The largest absolute Gasteiger partial charge is 0.305 e. The fourth-order valence-corrected chi connectivity index (χ4v) is 2.41. The Kier molecular flexibility index (Phi) is 5.25. The van der Waals surface area contributed by atoms with Gasteiger partial charge in [-0.05, 0) is 46.6 Å². The maximum Gasteiger partial charge on any atom is 0.137 e. The number of hydrogen-bond donors (Lipinski definition) is 1. The van der Waals surface area contributed by atoms with E-state index in [1.807, 2.05) is 17.7 Å². The number of aromatic nitrogens is 3. The second-order valence-electron chi connectivity index (χ2n) is 4.55. The summed E-state index contributed by atoms with van der Waals surface area (Å²) in [6, 6.07) is 5.07. The van der Waals surface area contributed by atoms with Gasteiger partial charge in [0, 0.05) is 6.54 Å². The lowest BCUT2D eigenvalue weighted by Crippen LogP contribution is -2.25. The highest BCUT2D eigenvalue weighted by molar-refractivity contribution is 9.10. The van der Waals surface area contributed by atoms with Crippen molar-refractivity contribution in [2.45, 2.75) is 32.9 Å². The molecule has 0 spiro atoms. The number of rotatable bonds is 6. The summed E-state index contributed by atoms with van der Waals surface area (Å²) >= 11 is 3.18. The molecule has 6 heteroatoms. The fraction of sp³-hybridized carbons (Fsp3) is 0.429. The smallest absolute Gasteiger partial charge is 0.137 e. The molecule has 1 heterocycles. The summed E-state index contributed by atoms with van der Waals surface area (Å²) in [6.07, 6.45) is 2.72. The number of halogens is 2. The first-order valence-corrected chi connectivity index (χ1v) is 7.53. The maximum atomic E-state index is 13.8. The lowest BCUT2D eigenvalue weighted by molar-refractivity contribution is 0.509. The molecule has 108 valence electrons. The summed E-state index contributed by atoms with van der Waals surface area (Å²) in [5, 5.41) is 11.4. The third-order valence-corrected chi connectivity index (χ3v) is 3.71. The molecule has 20 heavy (non-hydrogen) atoms. The first kappa shape index (κ1) is 15.1. The molecule has 0 aliphatic carbocycles. The van der Waals surface area contributed by atoms with E-state index in [0.717, 1.165) is 30.8 Å². The molecule has 1 atom stereocenters. The lowest BCUT2D eigenvalue weighted by Gasteiger charge is -2.19. The van der Waals surface area contributed by atoms with Crippen molar-refractivity contribution in [2.24, 2.45) is 0 Å². The Bertz CT molecular complexity index is 570. The Hall–Kier alpha value is -1.27. The number of nitrogens with one attached hydrogen (secondary N) is 1. The Morgan fingerprint density at radius 2 is 2.20 bits per heavy atom. The molecule has 0 aliphatic rings. The zero-order valence-corrected chi connectivity index (χ0v) is 13.2. The van der Waals surface area contributed by atoms with Gasteiger partial charge in [0.2, 0.25) is 0 Å². The van der Waals surface area contributed by atoms with E-state index in [1.54, 1.807) is 18.3 Å². The monoisotopic (exact) mass is 340 g/mol. The minimum atomic E-state index is -0.264. The van der Waals surface area contributed by atoms with Gasteiger partial charge in [-0.2, -0.15) is 0 Å². The van der Waals surface area contributed by atoms with Crippen LogP contribution in [0.25, 0.3) is 0 Å². The SMILES string of the molecule is CCCn1nncc1C(NCC)c1ccc(Br)c(F)c1. The summed E-state index contributed by atoms with van der Waals surface area (Å²) in [7, 11) is 0. The van der Waals surface area contributed by atoms with Crippen molar-refractivity contribution in [1.82, 2.24) is 20.3 Å². The Morgan fingerprint density at radius 3 is 2.85 bits per heavy atom. The van der Waals surface area contributed by atoms with Crippen molar-refractivity contribution in [1.29, 1.82) is 0 Å². The molecule has 1 aromatic heterocycles. The molecule has 0 saturated heterocycles. The van der Waals surface area contributed by atoms with Gasteiger partial charge in [-0.1, -0.05) is 25.1 Å². The van der Waals surface area contributed by atoms with Crippen molar-refractivity contribution < 1.29 is 4.39 Å². The Morgan fingerprint density at radius 1 is 1.40 bits per heavy atom. The molecule has 0 radical (unpaired) electrons. The van der Waals surface area contributed by atoms with Gasteiger partial charge in [0.25, 0.3) is 0 Å². The normalized spacial score (nSPS) is 12.6. The van der Waals surface area contributed by atoms with Crippen LogP contribution in [0.1, 0.15) is 37.6 Å². The van der Waals surface area contributed by atoms with Crippen LogP contribution in [0.3, 0.4) is 0 Å². The molecule has 1 unspecified atom stereocenters. The molecule has 0 bridgehead atoms. The second-order valence-corrected chi connectivity index (χ2v) is 5.40. The summed E-state index contributed by atoms with van der Waals surface area (Å²) in [5.41, 5.74) is 1.82. The molecule has 2 aromatic rings. The summed E-state index contributed by atoms with van der Waals surface area (Å²) in [4.78, 5) is 0. The molecule has 2 rings (SSSR count). The van der Waals surface area contributed by atoms with Crippen LogP contribution in [-0.4, -0.2) is 21.5 Å². The average Bonchev–Trinajstić information content (AvgIpc) is 2.88. The van der Waals surface area contributed by atoms with Crippen LogP contribution in [0.4, 0.5) is 4.39 Å². The quantitative estimate of drug-likeness (QED) is 0.877. The minimum absolute atomic E-state index is 0.107. The summed E-state index contributed by atoms with van der Waals surface area (Å²) in [6.45, 7) is 5.69. The van der Waals surface area contributed by atoms with Crippen LogP contribution in [0, 0.1) is 5.82 Å². The standard InChI is InChI=1S/C14H18BrFN4/c1-3-7-20-13(9-18-19-20)14(17-4-2)10-5-6-11(15)12(16)8-10/h5-6,8-9,14,17H,3-4,7H2,1-2H3. The number of hydrogen-bond acceptors (Lipinski definition) is 3. The number of nitrogens with zero attached hydrogens (tertiary/aromatic N) is 3. The molecule has 0 saturated carbocycles. The highest BCUT2D eigenvalue weighted by atomic mass is 79.9. The van der Waals surface area contributed by atoms with Crippen LogP contribution >= 0.6 is 15.9 Å². The lowest BCUT2D eigenvalue weighted by atomic mass is 10.0. The van der Waals surface area contributed by atoms with Gasteiger partial charge in [0.05, 0.1) is 22.4 Å². The van der Waals surface area contributed by atoms with Crippen molar-refractivity contribution in [3.05, 3.63) is 45.9 Å². The zero-order chi connectivity index (χ0) is 14.5. The van der Waals surface area contributed by atoms with Crippen LogP contribution < -0.4 is 5.32 Å². The zero-order valence-electron chi connectivity index (χ0n) is 11.6. The first-order chi connectivity index (χ1) is 9.67. The van der Waals surface area contributed by atoms with Crippen LogP contribution in [-0.2, 0) is 6.54 Å². The van der Waals surface area contributed by atoms with Gasteiger partial charge >= 0.3 is 0 Å². The molecule has 1 aromatic carbocycles. The molecule has 1 N–H and O–H groups in total. The molecule has 0 aliphatic heterocycles. The van der Waals surface area contributed by atoms with Crippen molar-refractivity contribution >= 4 is 15.9 Å². The molecule has 4 nitrogen and oxygen atoms in total. The molecular formula is C14H18BrFN4. The van der Waals surface area contributed by atoms with E-state index < -0.39 is 0 Å². The molecular weight excluding hydrogens is 323 g/mol. The van der Waals surface area contributed by atoms with Gasteiger partial charge < -0.3 is 5.32 Å². The van der Waals surface area contributed by atoms with Gasteiger partial charge in [-0.15, -0.1) is 5.10 Å².